The average molecular weight is 388 g/mol. The van der Waals surface area contributed by atoms with Gasteiger partial charge in [-0.1, -0.05) is 38.3 Å². The van der Waals surface area contributed by atoms with Crippen LogP contribution in [0, 0.1) is 22.0 Å². The van der Waals surface area contributed by atoms with Crippen LogP contribution in [-0.4, -0.2) is 15.8 Å². The number of benzene rings is 1. The third-order valence-electron chi connectivity index (χ3n) is 5.27. The second-order valence-corrected chi connectivity index (χ2v) is 8.05. The molecule has 1 fully saturated rings. The number of hydrogen-bond acceptors (Lipinski definition) is 5. The number of thiazole rings is 1. The molecule has 3 rings (SSSR count). The van der Waals surface area contributed by atoms with Crippen LogP contribution in [0.25, 0.3) is 11.3 Å². The molecule has 1 aliphatic rings. The zero-order valence-corrected chi connectivity index (χ0v) is 16.3. The van der Waals surface area contributed by atoms with Crippen LogP contribution in [0.3, 0.4) is 0 Å². The number of unbranched alkanes of at least 4 members (excludes halogenated alkanes) is 1. The zero-order chi connectivity index (χ0) is 19.2. The van der Waals surface area contributed by atoms with Gasteiger partial charge < -0.3 is 5.32 Å². The van der Waals surface area contributed by atoms with Crippen LogP contribution in [0.4, 0.5) is 10.8 Å². The van der Waals surface area contributed by atoms with E-state index in [4.69, 9.17) is 0 Å². The molecule has 0 saturated heterocycles. The van der Waals surface area contributed by atoms with E-state index in [2.05, 4.69) is 17.2 Å². The molecule has 1 aromatic heterocycles. The normalized spacial score (nSPS) is 19.6. The topological polar surface area (TPSA) is 85.1 Å². The van der Waals surface area contributed by atoms with Crippen LogP contribution in [-0.2, 0) is 4.79 Å². The van der Waals surface area contributed by atoms with E-state index in [0.29, 0.717) is 16.4 Å². The molecule has 1 N–H and O–H groups in total. The monoisotopic (exact) mass is 387 g/mol. The van der Waals surface area contributed by atoms with Crippen molar-refractivity contribution in [3.63, 3.8) is 0 Å². The van der Waals surface area contributed by atoms with E-state index < -0.39 is 4.92 Å². The number of non-ortho nitro benzene ring substituents is 1. The van der Waals surface area contributed by atoms with E-state index in [9.17, 15) is 14.9 Å². The molecular formula is C20H25N3O3S. The first kappa shape index (κ1) is 19.5. The van der Waals surface area contributed by atoms with Gasteiger partial charge in [0.05, 0.1) is 10.6 Å². The highest BCUT2D eigenvalue weighted by atomic mass is 32.1. The van der Waals surface area contributed by atoms with Crippen molar-refractivity contribution in [1.29, 1.82) is 0 Å². The third-order valence-corrected chi connectivity index (χ3v) is 6.03. The quantitative estimate of drug-likeness (QED) is 0.491. The Hall–Kier alpha value is -2.28. The molecule has 1 heterocycles. The van der Waals surface area contributed by atoms with E-state index >= 15 is 0 Å². The maximum Gasteiger partial charge on any atom is 0.270 e. The molecule has 0 bridgehead atoms. The molecule has 0 unspecified atom stereocenters. The number of hydrogen-bond donors (Lipinski definition) is 1. The lowest BCUT2D eigenvalue weighted by Gasteiger charge is -2.27. The Balaban J connectivity index is 1.57. The van der Waals surface area contributed by atoms with Crippen molar-refractivity contribution < 1.29 is 9.72 Å². The highest BCUT2D eigenvalue weighted by Gasteiger charge is 2.26. The SMILES string of the molecule is CCCCC1CCC(C(=O)Nc2nc(-c3cccc([N+](=O)[O-])c3)cs2)CC1. The number of nitro benzene ring substituents is 1. The maximum absolute atomic E-state index is 12.5. The van der Waals surface area contributed by atoms with Crippen molar-refractivity contribution in [2.24, 2.45) is 11.8 Å². The van der Waals surface area contributed by atoms with Gasteiger partial charge >= 0.3 is 0 Å². The Kier molecular flexibility index (Phi) is 6.55. The zero-order valence-electron chi connectivity index (χ0n) is 15.5. The average Bonchev–Trinajstić information content (AvgIpc) is 3.15. The summed E-state index contributed by atoms with van der Waals surface area (Å²) >= 11 is 1.35. The summed E-state index contributed by atoms with van der Waals surface area (Å²) in [5, 5.41) is 16.2. The number of nitrogens with zero attached hydrogens (tertiary/aromatic N) is 2. The molecule has 1 aliphatic carbocycles. The Morgan fingerprint density at radius 1 is 1.33 bits per heavy atom. The number of nitrogens with one attached hydrogen (secondary N) is 1. The van der Waals surface area contributed by atoms with E-state index in [-0.39, 0.29) is 17.5 Å². The first-order valence-electron chi connectivity index (χ1n) is 9.58. The fourth-order valence-electron chi connectivity index (χ4n) is 3.66. The molecular weight excluding hydrogens is 362 g/mol. The highest BCUT2D eigenvalue weighted by Crippen LogP contribution is 2.33. The van der Waals surface area contributed by atoms with Crippen molar-refractivity contribution in [2.45, 2.75) is 51.9 Å². The Morgan fingerprint density at radius 3 is 2.81 bits per heavy atom. The van der Waals surface area contributed by atoms with Gasteiger partial charge in [-0.2, -0.15) is 0 Å². The predicted octanol–water partition coefficient (Wildman–Crippen LogP) is 5.65. The molecule has 1 aromatic carbocycles. The van der Waals surface area contributed by atoms with Gasteiger partial charge in [0.2, 0.25) is 5.91 Å². The van der Waals surface area contributed by atoms with Crippen molar-refractivity contribution in [3.8, 4) is 11.3 Å². The van der Waals surface area contributed by atoms with E-state index in [0.717, 1.165) is 31.6 Å². The minimum atomic E-state index is -0.421. The second-order valence-electron chi connectivity index (χ2n) is 7.19. The molecule has 0 atom stereocenters. The summed E-state index contributed by atoms with van der Waals surface area (Å²) in [6, 6.07) is 6.38. The number of carbonyl (C=O) groups excluding carboxylic acids is 1. The van der Waals surface area contributed by atoms with Crippen molar-refractivity contribution in [3.05, 3.63) is 39.8 Å². The van der Waals surface area contributed by atoms with Crippen LogP contribution < -0.4 is 5.32 Å². The number of rotatable bonds is 7. The molecule has 0 spiro atoms. The minimum absolute atomic E-state index is 0.0333. The smallest absolute Gasteiger partial charge is 0.270 e. The fraction of sp³-hybridized carbons (Fsp3) is 0.500. The standard InChI is InChI=1S/C20H25N3O3S/c1-2-3-5-14-8-10-15(11-9-14)19(24)22-20-21-18(13-27-20)16-6-4-7-17(12-16)23(25)26/h4,6-7,12-15H,2-3,5,8-11H2,1H3,(H,21,22,24). The summed E-state index contributed by atoms with van der Waals surface area (Å²) in [5.41, 5.74) is 1.35. The summed E-state index contributed by atoms with van der Waals surface area (Å²) in [6.07, 6.45) is 7.96. The van der Waals surface area contributed by atoms with Gasteiger partial charge in [0, 0.05) is 29.0 Å². The third kappa shape index (κ3) is 5.13. The Morgan fingerprint density at radius 2 is 2.11 bits per heavy atom. The molecule has 0 aliphatic heterocycles. The second kappa shape index (κ2) is 9.08. The maximum atomic E-state index is 12.5. The molecule has 1 saturated carbocycles. The highest BCUT2D eigenvalue weighted by molar-refractivity contribution is 7.14. The van der Waals surface area contributed by atoms with Gasteiger partial charge in [-0.05, 0) is 31.6 Å². The largest absolute Gasteiger partial charge is 0.302 e. The lowest BCUT2D eigenvalue weighted by Crippen LogP contribution is -2.27. The Bertz CT molecular complexity index is 797. The first-order valence-corrected chi connectivity index (χ1v) is 10.5. The van der Waals surface area contributed by atoms with E-state index in [1.165, 1.54) is 42.7 Å². The Labute approximate surface area is 163 Å². The number of aromatic nitrogens is 1. The number of nitro groups is 1. The van der Waals surface area contributed by atoms with Crippen molar-refractivity contribution in [1.82, 2.24) is 4.98 Å². The summed E-state index contributed by atoms with van der Waals surface area (Å²) in [4.78, 5) is 27.5. The van der Waals surface area contributed by atoms with Crippen LogP contribution in [0.1, 0.15) is 51.9 Å². The summed E-state index contributed by atoms with van der Waals surface area (Å²) in [6.45, 7) is 2.22. The van der Waals surface area contributed by atoms with Gasteiger partial charge in [0.1, 0.15) is 0 Å². The molecule has 1 amide bonds. The molecule has 7 heteroatoms. The lowest BCUT2D eigenvalue weighted by atomic mass is 9.79. The van der Waals surface area contributed by atoms with Crippen LogP contribution in [0.5, 0.6) is 0 Å². The predicted molar refractivity (Wildman–Crippen MR) is 108 cm³/mol. The molecule has 2 aromatic rings. The molecule has 27 heavy (non-hydrogen) atoms. The first-order chi connectivity index (χ1) is 13.1. The van der Waals surface area contributed by atoms with E-state index in [1.807, 2.05) is 5.38 Å². The molecule has 0 radical (unpaired) electrons. The summed E-state index contributed by atoms with van der Waals surface area (Å²) in [5.74, 6) is 0.881. The lowest BCUT2D eigenvalue weighted by molar-refractivity contribution is -0.384. The van der Waals surface area contributed by atoms with Crippen molar-refractivity contribution in [2.75, 3.05) is 5.32 Å². The van der Waals surface area contributed by atoms with Crippen LogP contribution >= 0.6 is 11.3 Å². The van der Waals surface area contributed by atoms with Gasteiger partial charge in [-0.3, -0.25) is 14.9 Å². The molecule has 144 valence electrons. The van der Waals surface area contributed by atoms with Gasteiger partial charge in [0.15, 0.2) is 5.13 Å². The van der Waals surface area contributed by atoms with Gasteiger partial charge in [-0.15, -0.1) is 11.3 Å². The van der Waals surface area contributed by atoms with Gasteiger partial charge in [-0.25, -0.2) is 4.98 Å². The van der Waals surface area contributed by atoms with Crippen molar-refractivity contribution >= 4 is 28.1 Å². The number of anilines is 1. The fourth-order valence-corrected chi connectivity index (χ4v) is 4.38. The minimum Gasteiger partial charge on any atom is -0.302 e. The van der Waals surface area contributed by atoms with Gasteiger partial charge in [0.25, 0.3) is 5.69 Å². The van der Waals surface area contributed by atoms with E-state index in [1.54, 1.807) is 12.1 Å². The number of amides is 1. The van der Waals surface area contributed by atoms with Crippen LogP contribution in [0.15, 0.2) is 29.6 Å². The molecule has 6 nitrogen and oxygen atoms in total. The number of carbonyl (C=O) groups is 1. The van der Waals surface area contributed by atoms with Crippen LogP contribution in [0.2, 0.25) is 0 Å². The summed E-state index contributed by atoms with van der Waals surface area (Å²) in [7, 11) is 0. The summed E-state index contributed by atoms with van der Waals surface area (Å²) < 4.78 is 0.